The van der Waals surface area contributed by atoms with Gasteiger partial charge in [0.15, 0.2) is 0 Å². The number of aryl methyl sites for hydroxylation is 2. The summed E-state index contributed by atoms with van der Waals surface area (Å²) in [5.41, 5.74) is 6.94. The number of aromatic nitrogens is 1. The van der Waals surface area contributed by atoms with Crippen LogP contribution >= 0.6 is 0 Å². The highest BCUT2D eigenvalue weighted by Crippen LogP contribution is 2.39. The molecule has 0 bridgehead atoms. The summed E-state index contributed by atoms with van der Waals surface area (Å²) in [5, 5.41) is 2.37. The molecule has 3 heteroatoms. The van der Waals surface area contributed by atoms with Crippen LogP contribution in [0.5, 0.6) is 5.75 Å². The van der Waals surface area contributed by atoms with Crippen molar-refractivity contribution in [1.82, 2.24) is 9.88 Å². The topological polar surface area (TPSA) is 25.4 Å². The van der Waals surface area contributed by atoms with Crippen LogP contribution in [0.25, 0.3) is 33.2 Å². The summed E-state index contributed by atoms with van der Waals surface area (Å²) in [6, 6.07) is 23.4. The first-order valence-electron chi connectivity index (χ1n) is 10.9. The van der Waals surface area contributed by atoms with Crippen molar-refractivity contribution in [1.29, 1.82) is 0 Å². The summed E-state index contributed by atoms with van der Waals surface area (Å²) in [6.07, 6.45) is 2.99. The third kappa shape index (κ3) is 4.78. The first-order chi connectivity index (χ1) is 15.0. The molecule has 1 heterocycles. The van der Waals surface area contributed by atoms with Gasteiger partial charge in [0.05, 0.1) is 12.3 Å². The number of pyridine rings is 1. The molecular formula is C28H30N2O. The number of nitrogens with zero attached hydrogens (tertiary/aromatic N) is 2. The lowest BCUT2D eigenvalue weighted by Gasteiger charge is -2.16. The Morgan fingerprint density at radius 1 is 0.903 bits per heavy atom. The van der Waals surface area contributed by atoms with Gasteiger partial charge in [-0.25, -0.2) is 0 Å². The lowest BCUT2D eigenvalue weighted by Crippen LogP contribution is -2.15. The molecule has 0 saturated carbocycles. The summed E-state index contributed by atoms with van der Waals surface area (Å²) in [7, 11) is 4.17. The predicted molar refractivity (Wildman–Crippen MR) is 131 cm³/mol. The Bertz CT molecular complexity index is 1200. The molecule has 0 saturated heterocycles. The van der Waals surface area contributed by atoms with Gasteiger partial charge in [-0.2, -0.15) is 0 Å². The van der Waals surface area contributed by atoms with Crippen LogP contribution in [0.1, 0.15) is 17.5 Å². The maximum atomic E-state index is 6.08. The Balaban J connectivity index is 1.82. The van der Waals surface area contributed by atoms with Crippen molar-refractivity contribution in [3.8, 4) is 28.1 Å². The third-order valence-electron chi connectivity index (χ3n) is 5.59. The van der Waals surface area contributed by atoms with Crippen molar-refractivity contribution in [2.24, 2.45) is 0 Å². The fourth-order valence-electron chi connectivity index (χ4n) is 3.97. The first kappa shape index (κ1) is 21.1. The molecule has 0 atom stereocenters. The van der Waals surface area contributed by atoms with E-state index in [0.717, 1.165) is 40.9 Å². The van der Waals surface area contributed by atoms with Crippen molar-refractivity contribution in [3.05, 3.63) is 84.1 Å². The lowest BCUT2D eigenvalue weighted by atomic mass is 9.92. The molecule has 1 aromatic heterocycles. The van der Waals surface area contributed by atoms with E-state index in [4.69, 9.17) is 9.72 Å². The molecular weight excluding hydrogens is 380 g/mol. The molecule has 4 aromatic rings. The number of hydrogen-bond acceptors (Lipinski definition) is 3. The van der Waals surface area contributed by atoms with Crippen LogP contribution in [0.2, 0.25) is 0 Å². The Morgan fingerprint density at radius 2 is 1.74 bits per heavy atom. The minimum atomic E-state index is 0.708. The summed E-state index contributed by atoms with van der Waals surface area (Å²) in [4.78, 5) is 7.10. The number of fused-ring (bicyclic) bond motifs is 1. The molecule has 3 nitrogen and oxygen atoms in total. The summed E-state index contributed by atoms with van der Waals surface area (Å²) >= 11 is 0. The Morgan fingerprint density at radius 3 is 2.55 bits per heavy atom. The van der Waals surface area contributed by atoms with E-state index in [9.17, 15) is 0 Å². The summed E-state index contributed by atoms with van der Waals surface area (Å²) < 4.78 is 6.08. The van der Waals surface area contributed by atoms with Crippen molar-refractivity contribution in [3.63, 3.8) is 0 Å². The minimum Gasteiger partial charge on any atom is -0.494 e. The molecule has 0 aliphatic heterocycles. The molecule has 3 aromatic carbocycles. The summed E-state index contributed by atoms with van der Waals surface area (Å²) in [5.74, 6) is 0.900. The summed E-state index contributed by atoms with van der Waals surface area (Å²) in [6.45, 7) is 6.01. The van der Waals surface area contributed by atoms with Gasteiger partial charge in [0.1, 0.15) is 5.75 Å². The van der Waals surface area contributed by atoms with E-state index in [0.29, 0.717) is 6.61 Å². The number of benzene rings is 3. The van der Waals surface area contributed by atoms with Gasteiger partial charge in [0.2, 0.25) is 0 Å². The van der Waals surface area contributed by atoms with E-state index in [2.05, 4.69) is 93.5 Å². The van der Waals surface area contributed by atoms with Gasteiger partial charge in [0.25, 0.3) is 0 Å². The van der Waals surface area contributed by atoms with Gasteiger partial charge in [0, 0.05) is 29.3 Å². The molecule has 0 unspecified atom stereocenters. The predicted octanol–water partition coefficient (Wildman–Crippen LogP) is 6.52. The van der Waals surface area contributed by atoms with E-state index in [1.807, 2.05) is 12.3 Å². The second kappa shape index (κ2) is 9.32. The van der Waals surface area contributed by atoms with Crippen LogP contribution < -0.4 is 4.74 Å². The molecule has 31 heavy (non-hydrogen) atoms. The van der Waals surface area contributed by atoms with Gasteiger partial charge in [-0.15, -0.1) is 0 Å². The van der Waals surface area contributed by atoms with Crippen molar-refractivity contribution in [2.45, 2.75) is 20.3 Å². The zero-order valence-corrected chi connectivity index (χ0v) is 18.9. The fourth-order valence-corrected chi connectivity index (χ4v) is 3.97. The first-order valence-corrected chi connectivity index (χ1v) is 10.9. The van der Waals surface area contributed by atoms with Crippen LogP contribution in [0.3, 0.4) is 0 Å². The highest BCUT2D eigenvalue weighted by molar-refractivity contribution is 6.03. The quantitative estimate of drug-likeness (QED) is 0.325. The smallest absolute Gasteiger partial charge is 0.119 e. The van der Waals surface area contributed by atoms with Crippen molar-refractivity contribution in [2.75, 3.05) is 27.2 Å². The largest absolute Gasteiger partial charge is 0.494 e. The number of hydrogen-bond donors (Lipinski definition) is 0. The van der Waals surface area contributed by atoms with Crippen LogP contribution in [0.4, 0.5) is 0 Å². The highest BCUT2D eigenvalue weighted by Gasteiger charge is 2.15. The molecule has 0 fully saturated rings. The van der Waals surface area contributed by atoms with Gasteiger partial charge < -0.3 is 9.64 Å². The molecule has 0 N–H and O–H groups in total. The average Bonchev–Trinajstić information content (AvgIpc) is 2.76. The molecule has 0 aliphatic rings. The highest BCUT2D eigenvalue weighted by atomic mass is 16.5. The van der Waals surface area contributed by atoms with Crippen LogP contribution in [-0.4, -0.2) is 37.1 Å². The zero-order chi connectivity index (χ0) is 21.8. The van der Waals surface area contributed by atoms with Gasteiger partial charge in [-0.1, -0.05) is 60.2 Å². The van der Waals surface area contributed by atoms with Crippen LogP contribution in [0, 0.1) is 13.8 Å². The third-order valence-corrected chi connectivity index (χ3v) is 5.59. The standard InChI is InChI=1S/C28H30N2O/c1-20-13-14-23-19-29-28(25-12-6-5-9-21(25)2)27(26(23)17-20)22-10-7-11-24(18-22)31-16-8-15-30(3)4/h5-7,9-14,17-19H,8,15-16H2,1-4H3. The van der Waals surface area contributed by atoms with E-state index in [1.54, 1.807) is 0 Å². The SMILES string of the molecule is Cc1ccc2cnc(-c3ccccc3C)c(-c3cccc(OCCCN(C)C)c3)c2c1. The Kier molecular flexibility index (Phi) is 6.34. The van der Waals surface area contributed by atoms with Gasteiger partial charge >= 0.3 is 0 Å². The monoisotopic (exact) mass is 410 g/mol. The van der Waals surface area contributed by atoms with E-state index in [-0.39, 0.29) is 0 Å². The van der Waals surface area contributed by atoms with E-state index >= 15 is 0 Å². The maximum Gasteiger partial charge on any atom is 0.119 e. The van der Waals surface area contributed by atoms with Crippen LogP contribution in [0.15, 0.2) is 72.9 Å². The van der Waals surface area contributed by atoms with Gasteiger partial charge in [-0.3, -0.25) is 4.98 Å². The maximum absolute atomic E-state index is 6.08. The average molecular weight is 411 g/mol. The van der Waals surface area contributed by atoms with Crippen LogP contribution in [-0.2, 0) is 0 Å². The lowest BCUT2D eigenvalue weighted by molar-refractivity contribution is 0.281. The Hall–Kier alpha value is -3.17. The molecule has 158 valence electrons. The van der Waals surface area contributed by atoms with Gasteiger partial charge in [-0.05, 0) is 63.0 Å². The normalized spacial score (nSPS) is 11.3. The fraction of sp³-hybridized carbons (Fsp3) is 0.250. The minimum absolute atomic E-state index is 0.708. The Labute approximate surface area is 185 Å². The van der Waals surface area contributed by atoms with E-state index < -0.39 is 0 Å². The van der Waals surface area contributed by atoms with Crippen molar-refractivity contribution < 1.29 is 4.74 Å². The molecule has 0 amide bonds. The number of rotatable bonds is 7. The second-order valence-electron chi connectivity index (χ2n) is 8.42. The van der Waals surface area contributed by atoms with Crippen molar-refractivity contribution >= 4 is 10.8 Å². The molecule has 0 radical (unpaired) electrons. The molecule has 0 spiro atoms. The zero-order valence-electron chi connectivity index (χ0n) is 18.9. The van der Waals surface area contributed by atoms with E-state index in [1.165, 1.54) is 22.1 Å². The second-order valence-corrected chi connectivity index (χ2v) is 8.42. The number of ether oxygens (including phenoxy) is 1. The molecule has 4 rings (SSSR count). The molecule has 0 aliphatic carbocycles.